The average molecular weight is 242 g/mol. The van der Waals surface area contributed by atoms with Gasteiger partial charge in [-0.25, -0.2) is 0 Å². The molecule has 0 aliphatic carbocycles. The molecule has 0 bridgehead atoms. The molecule has 4 nitrogen and oxygen atoms in total. The molecule has 0 aliphatic rings. The molecule has 0 saturated carbocycles. The zero-order valence-electron chi connectivity index (χ0n) is 10.1. The number of nitrogens with two attached hydrogens (primary N) is 1. The molecule has 3 N–H and O–H groups in total. The van der Waals surface area contributed by atoms with Crippen molar-refractivity contribution < 1.29 is 0 Å². The third-order valence-electron chi connectivity index (χ3n) is 3.05. The molecule has 1 rings (SSSR count). The molecule has 5 heteroatoms. The Hall–Kier alpha value is -0.520. The summed E-state index contributed by atoms with van der Waals surface area (Å²) < 4.78 is 8.26. The molecular formula is C11H22N4S. The lowest BCUT2D eigenvalue weighted by molar-refractivity contribution is 0.353. The standard InChI is InChI=1S/C11H22N4S/c1-3-5-6-9(4-2)7-10(14-12)11-8-13-16-15-11/h8-10,14H,3-7,12H2,1-2H3. The van der Waals surface area contributed by atoms with Crippen molar-refractivity contribution in [3.63, 3.8) is 0 Å². The predicted octanol–water partition coefficient (Wildman–Crippen LogP) is 2.65. The van der Waals surface area contributed by atoms with Crippen LogP contribution in [0.15, 0.2) is 6.20 Å². The second-order valence-electron chi connectivity index (χ2n) is 4.20. The number of nitrogens with zero attached hydrogens (tertiary/aromatic N) is 2. The van der Waals surface area contributed by atoms with Gasteiger partial charge in [0.25, 0.3) is 0 Å². The zero-order valence-corrected chi connectivity index (χ0v) is 11.0. The van der Waals surface area contributed by atoms with Gasteiger partial charge in [0.2, 0.25) is 0 Å². The summed E-state index contributed by atoms with van der Waals surface area (Å²) in [6, 6.07) is 0.153. The van der Waals surface area contributed by atoms with Crippen LogP contribution in [0.3, 0.4) is 0 Å². The summed E-state index contributed by atoms with van der Waals surface area (Å²) in [5, 5.41) is 0. The highest BCUT2D eigenvalue weighted by molar-refractivity contribution is 6.99. The van der Waals surface area contributed by atoms with Crippen molar-refractivity contribution in [3.05, 3.63) is 11.9 Å². The summed E-state index contributed by atoms with van der Waals surface area (Å²) in [5.41, 5.74) is 3.82. The zero-order chi connectivity index (χ0) is 11.8. The largest absolute Gasteiger partial charge is 0.271 e. The number of rotatable bonds is 8. The van der Waals surface area contributed by atoms with Crippen molar-refractivity contribution in [1.29, 1.82) is 0 Å². The summed E-state index contributed by atoms with van der Waals surface area (Å²) in [6.45, 7) is 4.48. The van der Waals surface area contributed by atoms with E-state index in [2.05, 4.69) is 28.0 Å². The highest BCUT2D eigenvalue weighted by Gasteiger charge is 2.17. The lowest BCUT2D eigenvalue weighted by atomic mass is 9.91. The molecule has 0 saturated heterocycles. The van der Waals surface area contributed by atoms with E-state index in [4.69, 9.17) is 5.84 Å². The maximum Gasteiger partial charge on any atom is 0.0925 e. The van der Waals surface area contributed by atoms with Crippen molar-refractivity contribution in [1.82, 2.24) is 14.2 Å². The van der Waals surface area contributed by atoms with E-state index in [-0.39, 0.29) is 6.04 Å². The topological polar surface area (TPSA) is 63.8 Å². The van der Waals surface area contributed by atoms with Crippen molar-refractivity contribution in [2.24, 2.45) is 11.8 Å². The Morgan fingerprint density at radius 1 is 1.50 bits per heavy atom. The first kappa shape index (κ1) is 13.5. The highest BCUT2D eigenvalue weighted by atomic mass is 32.1. The molecule has 0 aliphatic heterocycles. The minimum atomic E-state index is 0.153. The quantitative estimate of drug-likeness (QED) is 0.543. The summed E-state index contributed by atoms with van der Waals surface area (Å²) in [6.07, 6.45) is 7.90. The normalized spacial score (nSPS) is 14.9. The third kappa shape index (κ3) is 4.15. The monoisotopic (exact) mass is 242 g/mol. The Labute approximate surface area is 102 Å². The van der Waals surface area contributed by atoms with Crippen LogP contribution in [0.25, 0.3) is 0 Å². The van der Waals surface area contributed by atoms with Crippen molar-refractivity contribution in [2.45, 2.75) is 52.0 Å². The Morgan fingerprint density at radius 2 is 2.31 bits per heavy atom. The van der Waals surface area contributed by atoms with E-state index < -0.39 is 0 Å². The molecule has 2 unspecified atom stereocenters. The van der Waals surface area contributed by atoms with Gasteiger partial charge < -0.3 is 0 Å². The molecular weight excluding hydrogens is 220 g/mol. The molecule has 1 aromatic rings. The fourth-order valence-electron chi connectivity index (χ4n) is 1.91. The predicted molar refractivity (Wildman–Crippen MR) is 67.9 cm³/mol. The molecule has 0 radical (unpaired) electrons. The van der Waals surface area contributed by atoms with Gasteiger partial charge in [0.05, 0.1) is 29.7 Å². The van der Waals surface area contributed by atoms with Gasteiger partial charge in [-0.15, -0.1) is 0 Å². The van der Waals surface area contributed by atoms with Crippen LogP contribution in [-0.4, -0.2) is 8.75 Å². The van der Waals surface area contributed by atoms with E-state index >= 15 is 0 Å². The highest BCUT2D eigenvalue weighted by Crippen LogP contribution is 2.25. The number of hydrazine groups is 1. The molecule has 92 valence electrons. The van der Waals surface area contributed by atoms with E-state index in [1.165, 1.54) is 37.4 Å². The summed E-state index contributed by atoms with van der Waals surface area (Å²) in [4.78, 5) is 0. The van der Waals surface area contributed by atoms with Gasteiger partial charge in [-0.05, 0) is 12.3 Å². The van der Waals surface area contributed by atoms with Gasteiger partial charge in [0.15, 0.2) is 0 Å². The van der Waals surface area contributed by atoms with E-state index in [9.17, 15) is 0 Å². The molecule has 1 heterocycles. The summed E-state index contributed by atoms with van der Waals surface area (Å²) >= 11 is 1.24. The van der Waals surface area contributed by atoms with E-state index in [1.807, 2.05) is 6.20 Å². The maximum atomic E-state index is 5.58. The first-order chi connectivity index (χ1) is 7.81. The Bertz CT molecular complexity index is 263. The van der Waals surface area contributed by atoms with Crippen LogP contribution in [0.2, 0.25) is 0 Å². The molecule has 1 aromatic heterocycles. The number of hydrogen-bond donors (Lipinski definition) is 2. The van der Waals surface area contributed by atoms with Gasteiger partial charge >= 0.3 is 0 Å². The third-order valence-corrected chi connectivity index (χ3v) is 3.54. The van der Waals surface area contributed by atoms with Crippen LogP contribution in [0.1, 0.15) is 57.7 Å². The van der Waals surface area contributed by atoms with Crippen LogP contribution in [0.4, 0.5) is 0 Å². The second kappa shape index (κ2) is 7.70. The van der Waals surface area contributed by atoms with Gasteiger partial charge in [0, 0.05) is 0 Å². The van der Waals surface area contributed by atoms with E-state index in [0.717, 1.165) is 18.0 Å². The first-order valence-corrected chi connectivity index (χ1v) is 6.78. The lowest BCUT2D eigenvalue weighted by Crippen LogP contribution is -2.30. The lowest BCUT2D eigenvalue weighted by Gasteiger charge is -2.20. The summed E-state index contributed by atoms with van der Waals surface area (Å²) in [7, 11) is 0. The first-order valence-electron chi connectivity index (χ1n) is 6.05. The molecule has 16 heavy (non-hydrogen) atoms. The SMILES string of the molecule is CCCCC(CC)CC(NN)c1cnsn1. The van der Waals surface area contributed by atoms with Crippen LogP contribution in [0, 0.1) is 5.92 Å². The Kier molecular flexibility index (Phi) is 6.52. The second-order valence-corrected chi connectivity index (χ2v) is 4.76. The van der Waals surface area contributed by atoms with Gasteiger partial charge in [0.1, 0.15) is 0 Å². The molecule has 2 atom stereocenters. The summed E-state index contributed by atoms with van der Waals surface area (Å²) in [5.74, 6) is 6.31. The number of nitrogens with one attached hydrogen (secondary N) is 1. The number of unbranched alkanes of at least 4 members (excludes halogenated alkanes) is 1. The minimum Gasteiger partial charge on any atom is -0.271 e. The number of aromatic nitrogens is 2. The van der Waals surface area contributed by atoms with E-state index in [1.54, 1.807) is 0 Å². The Morgan fingerprint density at radius 3 is 2.81 bits per heavy atom. The molecule has 0 fully saturated rings. The fourth-order valence-corrected chi connectivity index (χ4v) is 2.39. The smallest absolute Gasteiger partial charge is 0.0925 e. The number of hydrogen-bond acceptors (Lipinski definition) is 5. The van der Waals surface area contributed by atoms with Gasteiger partial charge in [-0.1, -0.05) is 39.5 Å². The van der Waals surface area contributed by atoms with Crippen LogP contribution < -0.4 is 11.3 Å². The molecule has 0 spiro atoms. The maximum absolute atomic E-state index is 5.58. The molecule has 0 amide bonds. The van der Waals surface area contributed by atoms with Crippen LogP contribution in [0.5, 0.6) is 0 Å². The van der Waals surface area contributed by atoms with Crippen LogP contribution >= 0.6 is 11.7 Å². The van der Waals surface area contributed by atoms with Gasteiger partial charge in [-0.3, -0.25) is 11.3 Å². The van der Waals surface area contributed by atoms with Crippen molar-refractivity contribution in [3.8, 4) is 0 Å². The minimum absolute atomic E-state index is 0.153. The van der Waals surface area contributed by atoms with Crippen molar-refractivity contribution >= 4 is 11.7 Å². The average Bonchev–Trinajstić information content (AvgIpc) is 2.83. The van der Waals surface area contributed by atoms with Gasteiger partial charge in [-0.2, -0.15) is 8.75 Å². The Balaban J connectivity index is 2.47. The van der Waals surface area contributed by atoms with Crippen molar-refractivity contribution in [2.75, 3.05) is 0 Å². The van der Waals surface area contributed by atoms with Crippen LogP contribution in [-0.2, 0) is 0 Å². The van der Waals surface area contributed by atoms with E-state index in [0.29, 0.717) is 0 Å². The molecule has 0 aromatic carbocycles. The fraction of sp³-hybridized carbons (Fsp3) is 0.818.